The van der Waals surface area contributed by atoms with Gasteiger partial charge in [-0.1, -0.05) is 0 Å². The normalized spacial score (nSPS) is 15.7. The van der Waals surface area contributed by atoms with Crippen molar-refractivity contribution in [2.45, 2.75) is 25.6 Å². The highest BCUT2D eigenvalue weighted by molar-refractivity contribution is 6.12. The van der Waals surface area contributed by atoms with Gasteiger partial charge in [-0.15, -0.1) is 0 Å². The molecule has 1 unspecified atom stereocenters. The van der Waals surface area contributed by atoms with E-state index in [0.717, 1.165) is 6.07 Å². The highest BCUT2D eigenvalue weighted by atomic mass is 19.4. The van der Waals surface area contributed by atoms with E-state index in [4.69, 9.17) is 0 Å². The number of anilines is 2. The second kappa shape index (κ2) is 8.37. The summed E-state index contributed by atoms with van der Waals surface area (Å²) in [6.45, 7) is 1.82. The Hall–Kier alpha value is -3.82. The molecule has 3 aromatic rings. The average Bonchev–Trinajstić information content (AvgIpc) is 3.05. The minimum absolute atomic E-state index is 0.00987. The van der Waals surface area contributed by atoms with Crippen LogP contribution in [0.25, 0.3) is 0 Å². The molecule has 1 aliphatic rings. The third kappa shape index (κ3) is 4.58. The van der Waals surface area contributed by atoms with Crippen LogP contribution in [0.2, 0.25) is 0 Å². The van der Waals surface area contributed by atoms with Crippen molar-refractivity contribution in [1.82, 2.24) is 9.97 Å². The van der Waals surface area contributed by atoms with Gasteiger partial charge in [0.1, 0.15) is 11.7 Å². The molecular weight excluding hydrogens is 426 g/mol. The van der Waals surface area contributed by atoms with Gasteiger partial charge in [0.25, 0.3) is 0 Å². The topological polar surface area (TPSA) is 79.3 Å². The number of aliphatic imine (C=N–C) groups is 1. The Balaban J connectivity index is 1.57. The van der Waals surface area contributed by atoms with Crippen LogP contribution in [-0.2, 0) is 17.5 Å². The molecule has 4 rings (SSSR count). The maximum atomic E-state index is 13.6. The first-order valence-electron chi connectivity index (χ1n) is 9.58. The van der Waals surface area contributed by atoms with Gasteiger partial charge in [0.05, 0.1) is 35.4 Å². The summed E-state index contributed by atoms with van der Waals surface area (Å²) in [7, 11) is 0. The number of aromatic nitrogens is 2. The van der Waals surface area contributed by atoms with Gasteiger partial charge in [-0.25, -0.2) is 4.39 Å². The van der Waals surface area contributed by atoms with Gasteiger partial charge in [-0.2, -0.15) is 13.2 Å². The number of carbonyl (C=O) groups excluding carboxylic acids is 1. The Morgan fingerprint density at radius 2 is 1.97 bits per heavy atom. The fourth-order valence-corrected chi connectivity index (χ4v) is 3.26. The Bertz CT molecular complexity index is 1190. The number of alkyl halides is 3. The lowest BCUT2D eigenvalue weighted by Gasteiger charge is -2.15. The Labute approximate surface area is 180 Å². The number of carbonyl (C=O) groups is 1. The Kier molecular flexibility index (Phi) is 5.60. The summed E-state index contributed by atoms with van der Waals surface area (Å²) in [5, 5.41) is 5.32. The standard InChI is InChI=1S/C22H17F4N5O/c1-12-8-28-15(9-27-12)10-30-20-5-3-14(7-18(20)22(24,25)26)29-11-17-16-6-13(23)2-4-19(16)31-21(17)32/h2-9,11,17,30H,10H2,1H3,(H,31,32). The first-order chi connectivity index (χ1) is 15.2. The van der Waals surface area contributed by atoms with Crippen LogP contribution in [0.4, 0.5) is 34.6 Å². The van der Waals surface area contributed by atoms with E-state index in [9.17, 15) is 22.4 Å². The summed E-state index contributed by atoms with van der Waals surface area (Å²) in [5.74, 6) is -1.84. The van der Waals surface area contributed by atoms with E-state index in [-0.39, 0.29) is 17.9 Å². The SMILES string of the molecule is Cc1cnc(CNc2ccc(N=CC3C(=O)Nc4ccc(F)cc43)cc2C(F)(F)F)cn1. The van der Waals surface area contributed by atoms with E-state index in [1.807, 2.05) is 0 Å². The molecule has 0 saturated heterocycles. The quantitative estimate of drug-likeness (QED) is 0.430. The molecule has 0 radical (unpaired) electrons. The number of hydrogen-bond donors (Lipinski definition) is 2. The van der Waals surface area contributed by atoms with E-state index >= 15 is 0 Å². The van der Waals surface area contributed by atoms with Gasteiger partial charge in [-0.3, -0.25) is 19.8 Å². The van der Waals surface area contributed by atoms with Crippen LogP contribution in [0.5, 0.6) is 0 Å². The number of benzene rings is 2. The zero-order valence-corrected chi connectivity index (χ0v) is 16.7. The van der Waals surface area contributed by atoms with Crippen LogP contribution in [0, 0.1) is 12.7 Å². The molecule has 1 aromatic heterocycles. The Morgan fingerprint density at radius 1 is 1.16 bits per heavy atom. The maximum absolute atomic E-state index is 13.6. The monoisotopic (exact) mass is 443 g/mol. The van der Waals surface area contributed by atoms with Crippen molar-refractivity contribution >= 4 is 29.2 Å². The van der Waals surface area contributed by atoms with Crippen molar-refractivity contribution in [1.29, 1.82) is 0 Å². The van der Waals surface area contributed by atoms with Crippen molar-refractivity contribution in [2.24, 2.45) is 4.99 Å². The number of aryl methyl sites for hydroxylation is 1. The first kappa shape index (κ1) is 21.4. The van der Waals surface area contributed by atoms with Crippen molar-refractivity contribution in [3.05, 3.63) is 77.1 Å². The lowest BCUT2D eigenvalue weighted by atomic mass is 10.0. The third-order valence-electron chi connectivity index (χ3n) is 4.86. The molecule has 0 saturated carbocycles. The molecular formula is C22H17F4N5O. The molecule has 6 nitrogen and oxygen atoms in total. The molecule has 164 valence electrons. The van der Waals surface area contributed by atoms with Gasteiger partial charge >= 0.3 is 6.18 Å². The summed E-state index contributed by atoms with van der Waals surface area (Å²) in [4.78, 5) is 24.4. The van der Waals surface area contributed by atoms with Crippen LogP contribution >= 0.6 is 0 Å². The summed E-state index contributed by atoms with van der Waals surface area (Å²) >= 11 is 0. The van der Waals surface area contributed by atoms with Gasteiger partial charge in [0.15, 0.2) is 0 Å². The molecule has 0 bridgehead atoms. The zero-order chi connectivity index (χ0) is 22.9. The largest absolute Gasteiger partial charge is 0.418 e. The molecule has 10 heteroatoms. The molecule has 0 fully saturated rings. The number of fused-ring (bicyclic) bond motifs is 1. The average molecular weight is 443 g/mol. The van der Waals surface area contributed by atoms with Crippen molar-refractivity contribution in [3.8, 4) is 0 Å². The van der Waals surface area contributed by atoms with E-state index in [2.05, 4.69) is 25.6 Å². The van der Waals surface area contributed by atoms with E-state index < -0.39 is 29.4 Å². The van der Waals surface area contributed by atoms with Gasteiger partial charge in [0, 0.05) is 23.8 Å². The number of hydrogen-bond acceptors (Lipinski definition) is 5. The van der Waals surface area contributed by atoms with Gasteiger partial charge < -0.3 is 10.6 Å². The predicted molar refractivity (Wildman–Crippen MR) is 111 cm³/mol. The summed E-state index contributed by atoms with van der Waals surface area (Å²) in [5.41, 5.74) is 0.988. The molecule has 32 heavy (non-hydrogen) atoms. The maximum Gasteiger partial charge on any atom is 0.418 e. The summed E-state index contributed by atoms with van der Waals surface area (Å²) in [6, 6.07) is 7.39. The molecule has 1 amide bonds. The van der Waals surface area contributed by atoms with Crippen LogP contribution < -0.4 is 10.6 Å². The third-order valence-corrected chi connectivity index (χ3v) is 4.86. The molecule has 1 aliphatic heterocycles. The molecule has 0 spiro atoms. The molecule has 2 N–H and O–H groups in total. The highest BCUT2D eigenvalue weighted by Gasteiger charge is 2.34. The fraction of sp³-hybridized carbons (Fsp3) is 0.182. The number of nitrogens with one attached hydrogen (secondary N) is 2. The van der Waals surface area contributed by atoms with Gasteiger partial charge in [0.2, 0.25) is 5.91 Å². The lowest BCUT2D eigenvalue weighted by molar-refractivity contribution is -0.137. The summed E-state index contributed by atoms with van der Waals surface area (Å²) in [6.07, 6.45) is -0.400. The van der Waals surface area contributed by atoms with Crippen molar-refractivity contribution in [3.63, 3.8) is 0 Å². The second-order valence-electron chi connectivity index (χ2n) is 7.21. The minimum Gasteiger partial charge on any atom is -0.379 e. The highest BCUT2D eigenvalue weighted by Crippen LogP contribution is 2.38. The van der Waals surface area contributed by atoms with Crippen LogP contribution in [-0.4, -0.2) is 22.1 Å². The van der Waals surface area contributed by atoms with Crippen LogP contribution in [0.15, 0.2) is 53.8 Å². The zero-order valence-electron chi connectivity index (χ0n) is 16.7. The number of nitrogens with zero attached hydrogens (tertiary/aromatic N) is 3. The van der Waals surface area contributed by atoms with E-state index in [0.29, 0.717) is 22.6 Å². The van der Waals surface area contributed by atoms with Crippen molar-refractivity contribution in [2.75, 3.05) is 10.6 Å². The number of halogens is 4. The molecule has 1 atom stereocenters. The van der Waals surface area contributed by atoms with Crippen LogP contribution in [0.1, 0.15) is 28.4 Å². The lowest BCUT2D eigenvalue weighted by Crippen LogP contribution is -2.13. The minimum atomic E-state index is -4.63. The number of rotatable bonds is 5. The molecule has 0 aliphatic carbocycles. The van der Waals surface area contributed by atoms with E-state index in [1.165, 1.54) is 48.9 Å². The second-order valence-corrected chi connectivity index (χ2v) is 7.21. The predicted octanol–water partition coefficient (Wildman–Crippen LogP) is 4.99. The molecule has 2 heterocycles. The number of amides is 1. The fourth-order valence-electron chi connectivity index (χ4n) is 3.26. The smallest absolute Gasteiger partial charge is 0.379 e. The van der Waals surface area contributed by atoms with Crippen molar-refractivity contribution < 1.29 is 22.4 Å². The van der Waals surface area contributed by atoms with Crippen LogP contribution in [0.3, 0.4) is 0 Å². The first-order valence-corrected chi connectivity index (χ1v) is 9.58. The summed E-state index contributed by atoms with van der Waals surface area (Å²) < 4.78 is 54.4. The molecule has 2 aromatic carbocycles. The Morgan fingerprint density at radius 3 is 2.69 bits per heavy atom. The van der Waals surface area contributed by atoms with Gasteiger partial charge in [-0.05, 0) is 48.9 Å². The van der Waals surface area contributed by atoms with E-state index in [1.54, 1.807) is 6.92 Å².